The van der Waals surface area contributed by atoms with Crippen LogP contribution >= 0.6 is 0 Å². The minimum absolute atomic E-state index is 0.0472. The molecule has 26 heavy (non-hydrogen) atoms. The fourth-order valence-corrected chi connectivity index (χ4v) is 4.28. The van der Waals surface area contributed by atoms with Crippen LogP contribution in [0.25, 0.3) is 4.85 Å². The number of benzene rings is 2. The van der Waals surface area contributed by atoms with Crippen molar-refractivity contribution in [1.82, 2.24) is 4.90 Å². The van der Waals surface area contributed by atoms with E-state index in [2.05, 4.69) is 10.9 Å². The third-order valence-electron chi connectivity index (χ3n) is 5.47. The SMILES string of the molecule is [C-]#[N+]c1cccc2c1CC1CC(=O)N(Cc3ccc(OC)cc3OC)C21. The zero-order valence-electron chi connectivity index (χ0n) is 14.9. The first-order chi connectivity index (χ1) is 12.7. The van der Waals surface area contributed by atoms with Gasteiger partial charge >= 0.3 is 0 Å². The van der Waals surface area contributed by atoms with Crippen LogP contribution < -0.4 is 9.47 Å². The monoisotopic (exact) mass is 348 g/mol. The lowest BCUT2D eigenvalue weighted by Gasteiger charge is -2.26. The number of nitrogens with zero attached hydrogens (tertiary/aromatic N) is 2. The maximum Gasteiger partial charge on any atom is 0.223 e. The summed E-state index contributed by atoms with van der Waals surface area (Å²) in [5, 5.41) is 0. The van der Waals surface area contributed by atoms with Gasteiger partial charge in [-0.3, -0.25) is 4.79 Å². The molecule has 1 fully saturated rings. The fraction of sp³-hybridized carbons (Fsp3) is 0.333. The molecule has 2 unspecified atom stereocenters. The number of methoxy groups -OCH3 is 2. The van der Waals surface area contributed by atoms with Gasteiger partial charge in [-0.25, -0.2) is 4.85 Å². The Hall–Kier alpha value is -3.00. The summed E-state index contributed by atoms with van der Waals surface area (Å²) in [6.07, 6.45) is 1.34. The minimum atomic E-state index is 0.0472. The molecule has 0 N–H and O–H groups in total. The number of amides is 1. The Bertz CT molecular complexity index is 916. The molecule has 0 bridgehead atoms. The number of ether oxygens (including phenoxy) is 2. The van der Waals surface area contributed by atoms with Gasteiger partial charge in [0, 0.05) is 24.6 Å². The molecule has 1 aliphatic carbocycles. The Morgan fingerprint density at radius 2 is 2.04 bits per heavy atom. The summed E-state index contributed by atoms with van der Waals surface area (Å²) in [6, 6.07) is 11.6. The third kappa shape index (κ3) is 2.50. The van der Waals surface area contributed by atoms with E-state index in [1.165, 1.54) is 0 Å². The second-order valence-corrected chi connectivity index (χ2v) is 6.77. The van der Waals surface area contributed by atoms with Crippen LogP contribution in [-0.4, -0.2) is 25.0 Å². The second kappa shape index (κ2) is 6.38. The van der Waals surface area contributed by atoms with E-state index in [1.807, 2.05) is 35.2 Å². The predicted octanol–water partition coefficient (Wildman–Crippen LogP) is 3.90. The maximum absolute atomic E-state index is 12.7. The molecule has 2 aliphatic rings. The lowest BCUT2D eigenvalue weighted by molar-refractivity contribution is -0.129. The van der Waals surface area contributed by atoms with Crippen LogP contribution in [0.2, 0.25) is 0 Å². The number of hydrogen-bond acceptors (Lipinski definition) is 3. The highest BCUT2D eigenvalue weighted by molar-refractivity contribution is 5.81. The van der Waals surface area contributed by atoms with Gasteiger partial charge in [0.25, 0.3) is 0 Å². The van der Waals surface area contributed by atoms with Crippen molar-refractivity contribution in [3.63, 3.8) is 0 Å². The third-order valence-corrected chi connectivity index (χ3v) is 5.47. The van der Waals surface area contributed by atoms with E-state index >= 15 is 0 Å². The minimum Gasteiger partial charge on any atom is -0.497 e. The van der Waals surface area contributed by atoms with Crippen molar-refractivity contribution in [2.75, 3.05) is 14.2 Å². The van der Waals surface area contributed by atoms with Gasteiger partial charge in [0.15, 0.2) is 5.69 Å². The lowest BCUT2D eigenvalue weighted by Crippen LogP contribution is -2.27. The fourth-order valence-electron chi connectivity index (χ4n) is 4.28. The summed E-state index contributed by atoms with van der Waals surface area (Å²) >= 11 is 0. The molecule has 0 spiro atoms. The number of rotatable bonds is 4. The summed E-state index contributed by atoms with van der Waals surface area (Å²) in [4.78, 5) is 18.3. The lowest BCUT2D eigenvalue weighted by atomic mass is 10.0. The van der Waals surface area contributed by atoms with Crippen LogP contribution in [-0.2, 0) is 17.8 Å². The number of carbonyl (C=O) groups excluding carboxylic acids is 1. The molecule has 1 amide bonds. The Morgan fingerprint density at radius 3 is 2.77 bits per heavy atom. The van der Waals surface area contributed by atoms with Crippen LogP contribution in [0.4, 0.5) is 5.69 Å². The van der Waals surface area contributed by atoms with Crippen molar-refractivity contribution in [2.24, 2.45) is 5.92 Å². The molecule has 132 valence electrons. The summed E-state index contributed by atoms with van der Waals surface area (Å²) in [6.45, 7) is 7.89. The van der Waals surface area contributed by atoms with E-state index in [0.29, 0.717) is 24.4 Å². The van der Waals surface area contributed by atoms with Crippen LogP contribution in [0.15, 0.2) is 36.4 Å². The topological polar surface area (TPSA) is 43.1 Å². The summed E-state index contributed by atoms with van der Waals surface area (Å²) < 4.78 is 10.7. The first-order valence-corrected chi connectivity index (χ1v) is 8.66. The Morgan fingerprint density at radius 1 is 1.19 bits per heavy atom. The van der Waals surface area contributed by atoms with Gasteiger partial charge in [-0.05, 0) is 35.6 Å². The summed E-state index contributed by atoms with van der Waals surface area (Å²) in [5.74, 6) is 1.86. The van der Waals surface area contributed by atoms with Gasteiger partial charge in [0.05, 0.1) is 26.8 Å². The van der Waals surface area contributed by atoms with E-state index in [-0.39, 0.29) is 17.9 Å². The van der Waals surface area contributed by atoms with Gasteiger partial charge in [-0.1, -0.05) is 18.2 Å². The molecule has 1 saturated heterocycles. The maximum atomic E-state index is 12.7. The first kappa shape index (κ1) is 16.5. The van der Waals surface area contributed by atoms with Gasteiger partial charge < -0.3 is 14.4 Å². The Balaban J connectivity index is 1.69. The van der Waals surface area contributed by atoms with Crippen LogP contribution in [0.3, 0.4) is 0 Å². The number of fused-ring (bicyclic) bond motifs is 3. The van der Waals surface area contributed by atoms with Crippen molar-refractivity contribution in [1.29, 1.82) is 0 Å². The van der Waals surface area contributed by atoms with E-state index < -0.39 is 0 Å². The van der Waals surface area contributed by atoms with Crippen molar-refractivity contribution in [3.8, 4) is 11.5 Å². The van der Waals surface area contributed by atoms with Crippen LogP contribution in [0.1, 0.15) is 29.2 Å². The predicted molar refractivity (Wildman–Crippen MR) is 97.4 cm³/mol. The number of hydrogen-bond donors (Lipinski definition) is 0. The molecule has 4 rings (SSSR count). The van der Waals surface area contributed by atoms with E-state index in [0.717, 1.165) is 28.9 Å². The molecule has 0 saturated carbocycles. The summed E-state index contributed by atoms with van der Waals surface area (Å²) in [5.41, 5.74) is 3.90. The van der Waals surface area contributed by atoms with Crippen molar-refractivity contribution >= 4 is 11.6 Å². The zero-order chi connectivity index (χ0) is 18.3. The number of likely N-dealkylation sites (tertiary alicyclic amines) is 1. The van der Waals surface area contributed by atoms with Crippen molar-refractivity contribution in [2.45, 2.75) is 25.4 Å². The molecule has 5 nitrogen and oxygen atoms in total. The highest BCUT2D eigenvalue weighted by Gasteiger charge is 2.46. The summed E-state index contributed by atoms with van der Waals surface area (Å²) in [7, 11) is 3.24. The van der Waals surface area contributed by atoms with Gasteiger partial charge in [-0.15, -0.1) is 0 Å². The zero-order valence-corrected chi connectivity index (χ0v) is 14.9. The highest BCUT2D eigenvalue weighted by atomic mass is 16.5. The Labute approximate surface area is 153 Å². The van der Waals surface area contributed by atoms with Crippen LogP contribution in [0, 0.1) is 12.5 Å². The molecule has 0 aromatic heterocycles. The van der Waals surface area contributed by atoms with E-state index in [4.69, 9.17) is 16.0 Å². The largest absolute Gasteiger partial charge is 0.497 e. The van der Waals surface area contributed by atoms with Gasteiger partial charge in [0.2, 0.25) is 5.91 Å². The normalized spacial score (nSPS) is 20.5. The molecule has 2 aromatic rings. The molecule has 5 heteroatoms. The molecule has 0 radical (unpaired) electrons. The molecule has 2 atom stereocenters. The van der Waals surface area contributed by atoms with Crippen LogP contribution in [0.5, 0.6) is 11.5 Å². The standard InChI is InChI=1S/C21H20N2O3/c1-22-18-6-4-5-16-17(18)9-14-10-20(24)23(21(14)16)12-13-7-8-15(25-2)11-19(13)26-3/h4-8,11,14,21H,9-10,12H2,2-3H3. The second-order valence-electron chi connectivity index (χ2n) is 6.77. The van der Waals surface area contributed by atoms with Crippen molar-refractivity contribution in [3.05, 3.63) is 64.5 Å². The van der Waals surface area contributed by atoms with E-state index in [1.54, 1.807) is 14.2 Å². The van der Waals surface area contributed by atoms with Gasteiger partial charge in [-0.2, -0.15) is 0 Å². The average molecular weight is 348 g/mol. The van der Waals surface area contributed by atoms with Crippen molar-refractivity contribution < 1.29 is 14.3 Å². The van der Waals surface area contributed by atoms with Gasteiger partial charge in [0.1, 0.15) is 11.5 Å². The number of carbonyl (C=O) groups is 1. The molecule has 1 aliphatic heterocycles. The molecule has 2 aromatic carbocycles. The smallest absolute Gasteiger partial charge is 0.223 e. The average Bonchev–Trinajstić information content (AvgIpc) is 3.17. The van der Waals surface area contributed by atoms with E-state index in [9.17, 15) is 4.79 Å². The highest BCUT2D eigenvalue weighted by Crippen LogP contribution is 2.50. The molecule has 1 heterocycles. The Kier molecular flexibility index (Phi) is 4.04. The molecular weight excluding hydrogens is 328 g/mol. The first-order valence-electron chi connectivity index (χ1n) is 8.66. The quantitative estimate of drug-likeness (QED) is 0.787. The molecular formula is C21H20N2O3.